The fourth-order valence-corrected chi connectivity index (χ4v) is 2.34. The molecule has 0 spiro atoms. The van der Waals surface area contributed by atoms with Gasteiger partial charge in [-0.2, -0.15) is 0 Å². The molecule has 20 heavy (non-hydrogen) atoms. The van der Waals surface area contributed by atoms with Crippen molar-refractivity contribution in [1.82, 2.24) is 14.9 Å². The van der Waals surface area contributed by atoms with E-state index in [0.717, 1.165) is 21.5 Å². The van der Waals surface area contributed by atoms with Crippen LogP contribution in [0.25, 0.3) is 0 Å². The van der Waals surface area contributed by atoms with Crippen molar-refractivity contribution < 1.29 is 9.53 Å². The third-order valence-electron chi connectivity index (χ3n) is 2.91. The summed E-state index contributed by atoms with van der Waals surface area (Å²) in [6.45, 7) is 0.465. The van der Waals surface area contributed by atoms with Gasteiger partial charge in [0.1, 0.15) is 5.75 Å². The summed E-state index contributed by atoms with van der Waals surface area (Å²) in [5, 5.41) is 2.89. The van der Waals surface area contributed by atoms with Gasteiger partial charge >= 0.3 is 0 Å². The molecule has 0 aliphatic heterocycles. The van der Waals surface area contributed by atoms with Crippen LogP contribution in [-0.2, 0) is 24.8 Å². The molecule has 1 heterocycles. The van der Waals surface area contributed by atoms with E-state index in [1.54, 1.807) is 19.6 Å². The number of rotatable bonds is 5. The highest BCUT2D eigenvalue weighted by Gasteiger charge is 2.07. The van der Waals surface area contributed by atoms with Gasteiger partial charge in [-0.3, -0.25) is 4.79 Å². The van der Waals surface area contributed by atoms with Crippen molar-refractivity contribution >= 4 is 21.8 Å². The van der Waals surface area contributed by atoms with Crippen LogP contribution >= 0.6 is 15.9 Å². The highest BCUT2D eigenvalue weighted by Crippen LogP contribution is 2.21. The summed E-state index contributed by atoms with van der Waals surface area (Å²) < 4.78 is 7.95. The van der Waals surface area contributed by atoms with Crippen molar-refractivity contribution in [2.75, 3.05) is 7.11 Å². The lowest BCUT2D eigenvalue weighted by atomic mass is 10.2. The maximum Gasteiger partial charge on any atom is 0.226 e. The zero-order valence-corrected chi connectivity index (χ0v) is 13.0. The second-order valence-electron chi connectivity index (χ2n) is 4.45. The molecule has 0 saturated heterocycles. The Morgan fingerprint density at radius 1 is 1.45 bits per heavy atom. The standard InChI is InChI=1S/C14H16BrN3O2/c1-18-9-16-8-12(18)6-14(19)17-7-10-3-11(15)5-13(4-10)20-2/h3-5,8-9H,6-7H2,1-2H3,(H,17,19). The minimum atomic E-state index is -0.0347. The van der Waals surface area contributed by atoms with E-state index in [2.05, 4.69) is 26.2 Å². The SMILES string of the molecule is COc1cc(Br)cc(CNC(=O)Cc2cncn2C)c1. The molecule has 0 aliphatic carbocycles. The number of hydrogen-bond donors (Lipinski definition) is 1. The molecule has 0 aliphatic rings. The molecule has 0 radical (unpaired) electrons. The lowest BCUT2D eigenvalue weighted by Gasteiger charge is -2.08. The number of carbonyl (C=O) groups is 1. The summed E-state index contributed by atoms with van der Waals surface area (Å²) in [4.78, 5) is 15.9. The van der Waals surface area contributed by atoms with Crippen molar-refractivity contribution in [3.8, 4) is 5.75 Å². The molecule has 0 saturated carbocycles. The number of hydrogen-bond acceptors (Lipinski definition) is 3. The van der Waals surface area contributed by atoms with Gasteiger partial charge < -0.3 is 14.6 Å². The van der Waals surface area contributed by atoms with Gasteiger partial charge in [-0.15, -0.1) is 0 Å². The Labute approximate surface area is 126 Å². The molecule has 6 heteroatoms. The number of halogens is 1. The molecule has 1 aromatic heterocycles. The number of nitrogens with zero attached hydrogens (tertiary/aromatic N) is 2. The second-order valence-corrected chi connectivity index (χ2v) is 5.36. The number of imidazole rings is 1. The third kappa shape index (κ3) is 3.84. The number of benzene rings is 1. The van der Waals surface area contributed by atoms with Crippen LogP contribution in [0.4, 0.5) is 0 Å². The van der Waals surface area contributed by atoms with Crippen LogP contribution in [0.1, 0.15) is 11.3 Å². The Morgan fingerprint density at radius 2 is 2.25 bits per heavy atom. The number of carbonyl (C=O) groups excluding carboxylic acids is 1. The van der Waals surface area contributed by atoms with Gasteiger partial charge in [-0.25, -0.2) is 4.98 Å². The van der Waals surface area contributed by atoms with E-state index in [4.69, 9.17) is 4.74 Å². The Morgan fingerprint density at radius 3 is 2.90 bits per heavy atom. The molecule has 1 aromatic carbocycles. The van der Waals surface area contributed by atoms with Crippen molar-refractivity contribution in [2.24, 2.45) is 7.05 Å². The highest BCUT2D eigenvalue weighted by molar-refractivity contribution is 9.10. The first-order chi connectivity index (χ1) is 9.58. The first kappa shape index (κ1) is 14.6. The van der Waals surface area contributed by atoms with E-state index in [9.17, 15) is 4.79 Å². The van der Waals surface area contributed by atoms with Gasteiger partial charge in [0.05, 0.1) is 19.9 Å². The smallest absolute Gasteiger partial charge is 0.226 e. The number of methoxy groups -OCH3 is 1. The Balaban J connectivity index is 1.93. The summed E-state index contributed by atoms with van der Waals surface area (Å²) in [5.74, 6) is 0.725. The largest absolute Gasteiger partial charge is 0.497 e. The summed E-state index contributed by atoms with van der Waals surface area (Å²) >= 11 is 3.41. The monoisotopic (exact) mass is 337 g/mol. The van der Waals surface area contributed by atoms with Gasteiger partial charge in [-0.1, -0.05) is 15.9 Å². The van der Waals surface area contributed by atoms with Gasteiger partial charge in [0, 0.05) is 30.0 Å². The first-order valence-electron chi connectivity index (χ1n) is 6.14. The van der Waals surface area contributed by atoms with Crippen LogP contribution in [0.2, 0.25) is 0 Å². The molecule has 0 unspecified atom stereocenters. The zero-order valence-electron chi connectivity index (χ0n) is 11.4. The Kier molecular flexibility index (Phi) is 4.79. The summed E-state index contributed by atoms with van der Waals surface area (Å²) in [6, 6.07) is 5.73. The van der Waals surface area contributed by atoms with Gasteiger partial charge in [0.2, 0.25) is 5.91 Å². The van der Waals surface area contributed by atoms with Gasteiger partial charge in [0.25, 0.3) is 0 Å². The van der Waals surface area contributed by atoms with E-state index >= 15 is 0 Å². The van der Waals surface area contributed by atoms with Crippen molar-refractivity contribution in [2.45, 2.75) is 13.0 Å². The third-order valence-corrected chi connectivity index (χ3v) is 3.37. The average molecular weight is 338 g/mol. The second kappa shape index (κ2) is 6.56. The summed E-state index contributed by atoms with van der Waals surface area (Å²) in [6.07, 6.45) is 3.70. The minimum Gasteiger partial charge on any atom is -0.497 e. The van der Waals surface area contributed by atoms with Crippen molar-refractivity contribution in [1.29, 1.82) is 0 Å². The molecular formula is C14H16BrN3O2. The van der Waals surface area contributed by atoms with E-state index in [1.165, 1.54) is 0 Å². The van der Waals surface area contributed by atoms with Crippen LogP contribution in [0.5, 0.6) is 5.75 Å². The number of aryl methyl sites for hydroxylation is 1. The summed E-state index contributed by atoms with van der Waals surface area (Å²) in [7, 11) is 3.49. The fourth-order valence-electron chi connectivity index (χ4n) is 1.82. The van der Waals surface area contributed by atoms with Crippen LogP contribution in [0.3, 0.4) is 0 Å². The Bertz CT molecular complexity index is 610. The molecular weight excluding hydrogens is 322 g/mol. The van der Waals surface area contributed by atoms with E-state index in [-0.39, 0.29) is 5.91 Å². The zero-order chi connectivity index (χ0) is 14.5. The van der Waals surface area contributed by atoms with Crippen LogP contribution in [0.15, 0.2) is 35.2 Å². The lowest BCUT2D eigenvalue weighted by Crippen LogP contribution is -2.25. The van der Waals surface area contributed by atoms with Gasteiger partial charge in [0.15, 0.2) is 0 Å². The minimum absolute atomic E-state index is 0.0347. The van der Waals surface area contributed by atoms with E-state index < -0.39 is 0 Å². The lowest BCUT2D eigenvalue weighted by molar-refractivity contribution is -0.120. The summed E-state index contributed by atoms with van der Waals surface area (Å²) in [5.41, 5.74) is 1.86. The van der Waals surface area contributed by atoms with Crippen LogP contribution < -0.4 is 10.1 Å². The van der Waals surface area contributed by atoms with Crippen molar-refractivity contribution in [3.05, 3.63) is 46.5 Å². The highest BCUT2D eigenvalue weighted by atomic mass is 79.9. The van der Waals surface area contributed by atoms with Crippen LogP contribution in [0, 0.1) is 0 Å². The quantitative estimate of drug-likeness (QED) is 0.908. The van der Waals surface area contributed by atoms with Crippen molar-refractivity contribution in [3.63, 3.8) is 0 Å². The molecule has 0 bridgehead atoms. The maximum atomic E-state index is 11.9. The molecule has 5 nitrogen and oxygen atoms in total. The number of amides is 1. The predicted octanol–water partition coefficient (Wildman–Crippen LogP) is 2.05. The normalized spacial score (nSPS) is 10.3. The first-order valence-corrected chi connectivity index (χ1v) is 6.93. The number of ether oxygens (including phenoxy) is 1. The Hall–Kier alpha value is -1.82. The molecule has 2 rings (SSSR count). The predicted molar refractivity (Wildman–Crippen MR) is 79.5 cm³/mol. The average Bonchev–Trinajstić information content (AvgIpc) is 2.81. The van der Waals surface area contributed by atoms with E-state index in [1.807, 2.05) is 29.8 Å². The topological polar surface area (TPSA) is 56.1 Å². The number of nitrogens with one attached hydrogen (secondary N) is 1. The number of aromatic nitrogens is 2. The van der Waals surface area contributed by atoms with Gasteiger partial charge in [-0.05, 0) is 23.8 Å². The molecule has 1 N–H and O–H groups in total. The van der Waals surface area contributed by atoms with Crippen LogP contribution in [-0.4, -0.2) is 22.6 Å². The molecule has 0 fully saturated rings. The molecule has 2 aromatic rings. The maximum absolute atomic E-state index is 11.9. The molecule has 0 atom stereocenters. The van der Waals surface area contributed by atoms with E-state index in [0.29, 0.717) is 13.0 Å². The molecule has 1 amide bonds. The molecule has 106 valence electrons. The fraction of sp³-hybridized carbons (Fsp3) is 0.286.